The van der Waals surface area contributed by atoms with Gasteiger partial charge in [0, 0.05) is 36.9 Å². The maximum Gasteiger partial charge on any atom is 0.331 e. The van der Waals surface area contributed by atoms with E-state index >= 15 is 0 Å². The van der Waals surface area contributed by atoms with Gasteiger partial charge in [-0.1, -0.05) is 6.92 Å². The quantitative estimate of drug-likeness (QED) is 0.130. The van der Waals surface area contributed by atoms with E-state index in [1.165, 1.54) is 0 Å². The molecule has 0 amide bonds. The summed E-state index contributed by atoms with van der Waals surface area (Å²) < 4.78 is 23.0. The number of cyclic esters (lactones) is 1. The van der Waals surface area contributed by atoms with Gasteiger partial charge in [0.1, 0.15) is 12.7 Å². The Hall–Kier alpha value is -1.56. The molecule has 0 aromatic heterocycles. The number of rotatable bonds is 5. The number of oxime groups is 1. The van der Waals surface area contributed by atoms with Crippen LogP contribution >= 0.6 is 0 Å². The Morgan fingerprint density at radius 3 is 2.58 bits per heavy atom. The first-order chi connectivity index (χ1) is 19.0. The van der Waals surface area contributed by atoms with Gasteiger partial charge in [0.15, 0.2) is 6.29 Å². The van der Waals surface area contributed by atoms with Crippen LogP contribution in [0.2, 0.25) is 0 Å². The van der Waals surface area contributed by atoms with E-state index in [9.17, 15) is 25.3 Å². The van der Waals surface area contributed by atoms with E-state index in [-0.39, 0.29) is 35.9 Å². The number of nitrogens with zero attached hydrogens (tertiary/aromatic N) is 1. The van der Waals surface area contributed by atoms with Crippen molar-refractivity contribution in [3.8, 4) is 0 Å². The molecule has 1 saturated heterocycles. The Balaban J connectivity index is 1.23. The number of esters is 1. The van der Waals surface area contributed by atoms with E-state index in [0.717, 1.165) is 24.8 Å². The van der Waals surface area contributed by atoms with E-state index in [4.69, 9.17) is 18.9 Å². The highest BCUT2D eigenvalue weighted by molar-refractivity contribution is 5.85. The number of carbonyl (C=O) groups is 1. The Bertz CT molecular complexity index is 1070. The van der Waals surface area contributed by atoms with Crippen LogP contribution < -0.4 is 0 Å². The molecule has 12 atom stereocenters. The number of hydrogen-bond acceptors (Lipinski definition) is 10. The number of aliphatic hydroxyl groups is 3. The first kappa shape index (κ1) is 28.6. The molecule has 12 unspecified atom stereocenters. The lowest BCUT2D eigenvalue weighted by Gasteiger charge is -2.65. The average Bonchev–Trinajstić information content (AvgIpc) is 3.46. The summed E-state index contributed by atoms with van der Waals surface area (Å²) >= 11 is 0. The third-order valence-electron chi connectivity index (χ3n) is 12.2. The number of aliphatic hydroxyl groups excluding tert-OH is 1. The van der Waals surface area contributed by atoms with Crippen LogP contribution in [0.3, 0.4) is 0 Å². The molecular weight excluding hydrogens is 518 g/mol. The first-order valence-corrected chi connectivity index (χ1v) is 15.0. The van der Waals surface area contributed by atoms with Crippen molar-refractivity contribution in [3.63, 3.8) is 0 Å². The maximum atomic E-state index is 12.5. The zero-order valence-corrected chi connectivity index (χ0v) is 23.8. The lowest BCUT2D eigenvalue weighted by molar-refractivity contribution is -0.284. The standard InChI is InChI=1S/C30H45NO9/c1-17-26(33)23(37-3)13-25(39-17)40-19-4-9-28(16-31-36)21-5-8-27(2)20(18-12-24(32)38-15-18)7-11-30(27,35)22(21)6-10-29(28,34)14-19/h12,16-17,19-23,25-26,33-36H,4-11,13-15H2,1-3H3. The normalized spacial score (nSPS) is 52.5. The van der Waals surface area contributed by atoms with E-state index in [2.05, 4.69) is 12.1 Å². The summed E-state index contributed by atoms with van der Waals surface area (Å²) in [6.45, 7) is 4.27. The number of ether oxygens (including phenoxy) is 4. The highest BCUT2D eigenvalue weighted by atomic mass is 16.7. The fourth-order valence-electron chi connectivity index (χ4n) is 10.1. The fraction of sp³-hybridized carbons (Fsp3) is 0.867. The third-order valence-corrected chi connectivity index (χ3v) is 12.2. The third kappa shape index (κ3) is 4.04. The largest absolute Gasteiger partial charge is 0.458 e. The highest BCUT2D eigenvalue weighted by Crippen LogP contribution is 2.70. The van der Waals surface area contributed by atoms with Crippen LogP contribution in [0.4, 0.5) is 0 Å². The van der Waals surface area contributed by atoms with Gasteiger partial charge in [-0.3, -0.25) is 0 Å². The molecule has 6 aliphatic rings. The van der Waals surface area contributed by atoms with Crippen molar-refractivity contribution in [1.82, 2.24) is 0 Å². The van der Waals surface area contributed by atoms with Crippen LogP contribution in [0.5, 0.6) is 0 Å². The number of hydrogen-bond donors (Lipinski definition) is 4. The molecule has 0 bridgehead atoms. The van der Waals surface area contributed by atoms with Gasteiger partial charge in [-0.15, -0.1) is 5.16 Å². The second kappa shape index (κ2) is 10.0. The van der Waals surface area contributed by atoms with E-state index < -0.39 is 40.5 Å². The number of methoxy groups -OCH3 is 1. The Morgan fingerprint density at radius 1 is 1.10 bits per heavy atom. The second-order valence-electron chi connectivity index (χ2n) is 13.6. The molecule has 10 heteroatoms. The summed E-state index contributed by atoms with van der Waals surface area (Å²) in [6.07, 6.45) is 6.96. The molecule has 10 nitrogen and oxygen atoms in total. The highest BCUT2D eigenvalue weighted by Gasteiger charge is 2.71. The van der Waals surface area contributed by atoms with Crippen LogP contribution in [0.1, 0.15) is 78.1 Å². The average molecular weight is 564 g/mol. The summed E-state index contributed by atoms with van der Waals surface area (Å²) in [6, 6.07) is 0. The summed E-state index contributed by atoms with van der Waals surface area (Å²) in [7, 11) is 1.57. The van der Waals surface area contributed by atoms with Gasteiger partial charge in [-0.25, -0.2) is 4.79 Å². The monoisotopic (exact) mass is 563 g/mol. The molecule has 2 heterocycles. The van der Waals surface area contributed by atoms with Gasteiger partial charge in [0.2, 0.25) is 0 Å². The summed E-state index contributed by atoms with van der Waals surface area (Å²) in [5, 5.41) is 48.5. The molecule has 6 rings (SSSR count). The minimum atomic E-state index is -1.15. The maximum absolute atomic E-state index is 12.5. The minimum Gasteiger partial charge on any atom is -0.458 e. The van der Waals surface area contributed by atoms with E-state index in [1.807, 2.05) is 0 Å². The van der Waals surface area contributed by atoms with Gasteiger partial charge >= 0.3 is 5.97 Å². The molecule has 4 N–H and O–H groups in total. The molecular formula is C30H45NO9. The van der Waals surface area contributed by atoms with Crippen molar-refractivity contribution >= 4 is 12.2 Å². The van der Waals surface area contributed by atoms with Crippen molar-refractivity contribution < 1.29 is 44.3 Å². The summed E-state index contributed by atoms with van der Waals surface area (Å²) in [5.74, 6) is -0.319. The van der Waals surface area contributed by atoms with Crippen molar-refractivity contribution in [2.45, 2.75) is 120 Å². The van der Waals surface area contributed by atoms with Gasteiger partial charge in [-0.05, 0) is 81.6 Å². The Morgan fingerprint density at radius 2 is 1.88 bits per heavy atom. The van der Waals surface area contributed by atoms with Crippen LogP contribution in [0.25, 0.3) is 0 Å². The SMILES string of the molecule is COC1CC(OC2CCC3(C=NO)C4CCC5(C)C(C6=CC(=O)OC6)CCC5(O)C4CCC3(O)C2)OC(C)C1O. The van der Waals surface area contributed by atoms with Crippen LogP contribution in [-0.2, 0) is 23.7 Å². The van der Waals surface area contributed by atoms with Crippen molar-refractivity contribution in [2.75, 3.05) is 13.7 Å². The molecule has 40 heavy (non-hydrogen) atoms. The van der Waals surface area contributed by atoms with Crippen LogP contribution in [0, 0.1) is 28.6 Å². The summed E-state index contributed by atoms with van der Waals surface area (Å²) in [5.41, 5.74) is -2.28. The molecule has 0 spiro atoms. The van der Waals surface area contributed by atoms with Crippen molar-refractivity contribution in [1.29, 1.82) is 0 Å². The van der Waals surface area contributed by atoms with Crippen LogP contribution in [0.15, 0.2) is 16.8 Å². The molecule has 2 aliphatic heterocycles. The summed E-state index contributed by atoms with van der Waals surface area (Å²) in [4.78, 5) is 11.8. The molecule has 0 aromatic carbocycles. The molecule has 4 aliphatic carbocycles. The topological polar surface area (TPSA) is 147 Å². The zero-order valence-electron chi connectivity index (χ0n) is 23.8. The Kier molecular flexibility index (Phi) is 7.15. The fourth-order valence-corrected chi connectivity index (χ4v) is 10.1. The van der Waals surface area contributed by atoms with Crippen LogP contribution in [-0.4, -0.2) is 88.3 Å². The minimum absolute atomic E-state index is 0.0469. The Labute approximate surface area is 235 Å². The molecule has 0 radical (unpaired) electrons. The molecule has 5 fully saturated rings. The first-order valence-electron chi connectivity index (χ1n) is 15.0. The second-order valence-corrected chi connectivity index (χ2v) is 13.6. The molecule has 0 aromatic rings. The van der Waals surface area contributed by atoms with Crippen molar-refractivity contribution in [2.24, 2.45) is 33.7 Å². The van der Waals surface area contributed by atoms with Gasteiger partial charge < -0.3 is 39.5 Å². The smallest absolute Gasteiger partial charge is 0.331 e. The van der Waals surface area contributed by atoms with Gasteiger partial charge in [0.25, 0.3) is 0 Å². The number of carbonyl (C=O) groups excluding carboxylic acids is 1. The zero-order chi connectivity index (χ0) is 28.5. The van der Waals surface area contributed by atoms with E-state index in [1.54, 1.807) is 26.3 Å². The lowest BCUT2D eigenvalue weighted by Crippen LogP contribution is -2.69. The lowest BCUT2D eigenvalue weighted by atomic mass is 9.41. The number of fused-ring (bicyclic) bond motifs is 5. The van der Waals surface area contributed by atoms with Gasteiger partial charge in [0.05, 0.1) is 35.7 Å². The van der Waals surface area contributed by atoms with Crippen molar-refractivity contribution in [3.05, 3.63) is 11.6 Å². The molecule has 4 saturated carbocycles. The van der Waals surface area contributed by atoms with Gasteiger partial charge in [-0.2, -0.15) is 0 Å². The predicted octanol–water partition coefficient (Wildman–Crippen LogP) is 2.69. The predicted molar refractivity (Wildman–Crippen MR) is 142 cm³/mol. The molecule has 224 valence electrons. The van der Waals surface area contributed by atoms with E-state index in [0.29, 0.717) is 51.6 Å².